The van der Waals surface area contributed by atoms with Gasteiger partial charge in [-0.15, -0.1) is 0 Å². The standard InChI is InChI=1S/C12H15N3O/c1-9-14-5-3-11(15-9)12(13-2)7-10-4-6-16-8-10/h3-6,8,12-13H,7H2,1-2H3. The fraction of sp³-hybridized carbons (Fsp3) is 0.333. The number of rotatable bonds is 4. The van der Waals surface area contributed by atoms with Crippen LogP contribution in [0, 0.1) is 6.92 Å². The molecule has 0 saturated carbocycles. The first-order valence-electron chi connectivity index (χ1n) is 5.27. The summed E-state index contributed by atoms with van der Waals surface area (Å²) in [6.07, 6.45) is 6.10. The van der Waals surface area contributed by atoms with Crippen molar-refractivity contribution in [3.05, 3.63) is 47.9 Å². The number of nitrogens with one attached hydrogen (secondary N) is 1. The third kappa shape index (κ3) is 2.46. The van der Waals surface area contributed by atoms with Crippen LogP contribution in [-0.4, -0.2) is 17.0 Å². The van der Waals surface area contributed by atoms with Crippen molar-refractivity contribution >= 4 is 0 Å². The van der Waals surface area contributed by atoms with Crippen LogP contribution in [0.4, 0.5) is 0 Å². The van der Waals surface area contributed by atoms with Crippen LogP contribution in [0.3, 0.4) is 0 Å². The Labute approximate surface area is 94.7 Å². The average molecular weight is 217 g/mol. The number of hydrogen-bond donors (Lipinski definition) is 1. The molecular formula is C12H15N3O. The molecule has 1 unspecified atom stereocenters. The van der Waals surface area contributed by atoms with E-state index in [4.69, 9.17) is 4.42 Å². The second-order valence-corrected chi connectivity index (χ2v) is 3.71. The number of hydrogen-bond acceptors (Lipinski definition) is 4. The number of nitrogens with zero attached hydrogens (tertiary/aromatic N) is 2. The van der Waals surface area contributed by atoms with Crippen molar-refractivity contribution in [3.63, 3.8) is 0 Å². The van der Waals surface area contributed by atoms with Crippen LogP contribution < -0.4 is 5.32 Å². The fourth-order valence-electron chi connectivity index (χ4n) is 1.67. The number of aromatic nitrogens is 2. The fourth-order valence-corrected chi connectivity index (χ4v) is 1.67. The Bertz CT molecular complexity index is 439. The highest BCUT2D eigenvalue weighted by Gasteiger charge is 2.12. The highest BCUT2D eigenvalue weighted by atomic mass is 16.3. The number of likely N-dealkylation sites (N-methyl/N-ethyl adjacent to an activating group) is 1. The molecule has 2 aromatic heterocycles. The summed E-state index contributed by atoms with van der Waals surface area (Å²) in [5.74, 6) is 0.796. The minimum Gasteiger partial charge on any atom is -0.472 e. The molecule has 84 valence electrons. The molecule has 0 saturated heterocycles. The van der Waals surface area contributed by atoms with Crippen molar-refractivity contribution in [2.24, 2.45) is 0 Å². The molecule has 0 bridgehead atoms. The van der Waals surface area contributed by atoms with Gasteiger partial charge in [-0.3, -0.25) is 0 Å². The summed E-state index contributed by atoms with van der Waals surface area (Å²) in [6.45, 7) is 1.90. The molecule has 1 atom stereocenters. The Morgan fingerprint density at radius 1 is 1.44 bits per heavy atom. The lowest BCUT2D eigenvalue weighted by Crippen LogP contribution is -2.20. The van der Waals surface area contributed by atoms with Gasteiger partial charge in [0.2, 0.25) is 0 Å². The van der Waals surface area contributed by atoms with Gasteiger partial charge < -0.3 is 9.73 Å². The minimum atomic E-state index is 0.194. The first-order valence-corrected chi connectivity index (χ1v) is 5.27. The predicted octanol–water partition coefficient (Wildman–Crippen LogP) is 1.88. The van der Waals surface area contributed by atoms with Gasteiger partial charge in [-0.2, -0.15) is 0 Å². The summed E-state index contributed by atoms with van der Waals surface area (Å²) >= 11 is 0. The molecule has 2 aromatic rings. The van der Waals surface area contributed by atoms with Crippen LogP contribution in [0.25, 0.3) is 0 Å². The molecule has 2 heterocycles. The van der Waals surface area contributed by atoms with Crippen molar-refractivity contribution in [1.29, 1.82) is 0 Å². The van der Waals surface area contributed by atoms with Crippen molar-refractivity contribution in [2.75, 3.05) is 7.05 Å². The SMILES string of the molecule is CNC(Cc1ccoc1)c1ccnc(C)n1. The monoisotopic (exact) mass is 217 g/mol. The van der Waals surface area contributed by atoms with Gasteiger partial charge in [0.1, 0.15) is 5.82 Å². The quantitative estimate of drug-likeness (QED) is 0.849. The maximum Gasteiger partial charge on any atom is 0.125 e. The molecular weight excluding hydrogens is 202 g/mol. The molecule has 2 rings (SSSR count). The summed E-state index contributed by atoms with van der Waals surface area (Å²) in [6, 6.07) is 4.10. The summed E-state index contributed by atoms with van der Waals surface area (Å²) in [5.41, 5.74) is 2.17. The Morgan fingerprint density at radius 2 is 2.31 bits per heavy atom. The van der Waals surface area contributed by atoms with Gasteiger partial charge >= 0.3 is 0 Å². The molecule has 0 spiro atoms. The van der Waals surface area contributed by atoms with Gasteiger partial charge in [-0.25, -0.2) is 9.97 Å². The van der Waals surface area contributed by atoms with E-state index >= 15 is 0 Å². The van der Waals surface area contributed by atoms with Crippen molar-refractivity contribution in [1.82, 2.24) is 15.3 Å². The topological polar surface area (TPSA) is 51.0 Å². The second kappa shape index (κ2) is 4.90. The van der Waals surface area contributed by atoms with E-state index in [0.717, 1.165) is 23.5 Å². The Kier molecular flexibility index (Phi) is 3.31. The van der Waals surface area contributed by atoms with E-state index in [1.54, 1.807) is 18.7 Å². The first kappa shape index (κ1) is 10.8. The summed E-state index contributed by atoms with van der Waals surface area (Å²) in [4.78, 5) is 8.52. The maximum atomic E-state index is 5.06. The van der Waals surface area contributed by atoms with E-state index < -0.39 is 0 Å². The molecule has 0 amide bonds. The summed E-state index contributed by atoms with van der Waals surface area (Å²) in [7, 11) is 1.93. The number of furan rings is 1. The zero-order chi connectivity index (χ0) is 11.4. The van der Waals surface area contributed by atoms with Crippen LogP contribution in [0.2, 0.25) is 0 Å². The van der Waals surface area contributed by atoms with E-state index in [2.05, 4.69) is 15.3 Å². The predicted molar refractivity (Wildman–Crippen MR) is 61.0 cm³/mol. The lowest BCUT2D eigenvalue weighted by atomic mass is 10.1. The summed E-state index contributed by atoms with van der Waals surface area (Å²) in [5, 5.41) is 3.25. The molecule has 0 aliphatic rings. The maximum absolute atomic E-state index is 5.06. The van der Waals surface area contributed by atoms with Crippen molar-refractivity contribution in [3.8, 4) is 0 Å². The van der Waals surface area contributed by atoms with Gasteiger partial charge in [0.25, 0.3) is 0 Å². The minimum absolute atomic E-state index is 0.194. The Hall–Kier alpha value is -1.68. The lowest BCUT2D eigenvalue weighted by molar-refractivity contribution is 0.546. The van der Waals surface area contributed by atoms with Crippen molar-refractivity contribution < 1.29 is 4.42 Å². The third-order valence-electron chi connectivity index (χ3n) is 2.52. The number of aryl methyl sites for hydroxylation is 1. The van der Waals surface area contributed by atoms with Crippen LogP contribution >= 0.6 is 0 Å². The van der Waals surface area contributed by atoms with Crippen LogP contribution in [-0.2, 0) is 6.42 Å². The second-order valence-electron chi connectivity index (χ2n) is 3.71. The zero-order valence-corrected chi connectivity index (χ0v) is 9.47. The molecule has 1 N–H and O–H groups in total. The zero-order valence-electron chi connectivity index (χ0n) is 9.47. The van der Waals surface area contributed by atoms with Crippen LogP contribution in [0.5, 0.6) is 0 Å². The van der Waals surface area contributed by atoms with Gasteiger partial charge in [0.15, 0.2) is 0 Å². The van der Waals surface area contributed by atoms with E-state index in [9.17, 15) is 0 Å². The Morgan fingerprint density at radius 3 is 2.94 bits per heavy atom. The molecule has 0 aromatic carbocycles. The largest absolute Gasteiger partial charge is 0.472 e. The normalized spacial score (nSPS) is 12.6. The van der Waals surface area contributed by atoms with Crippen LogP contribution in [0.15, 0.2) is 35.3 Å². The lowest BCUT2D eigenvalue weighted by Gasteiger charge is -2.14. The third-order valence-corrected chi connectivity index (χ3v) is 2.52. The Balaban J connectivity index is 2.16. The van der Waals surface area contributed by atoms with Crippen molar-refractivity contribution in [2.45, 2.75) is 19.4 Å². The van der Waals surface area contributed by atoms with E-state index in [1.165, 1.54) is 0 Å². The molecule has 0 radical (unpaired) electrons. The van der Waals surface area contributed by atoms with Gasteiger partial charge in [0, 0.05) is 6.20 Å². The van der Waals surface area contributed by atoms with Gasteiger partial charge in [-0.1, -0.05) is 0 Å². The molecule has 4 heteroatoms. The van der Waals surface area contributed by atoms with Gasteiger partial charge in [-0.05, 0) is 38.1 Å². The van der Waals surface area contributed by atoms with E-state index in [1.807, 2.05) is 26.1 Å². The molecule has 16 heavy (non-hydrogen) atoms. The van der Waals surface area contributed by atoms with Gasteiger partial charge in [0.05, 0.1) is 24.3 Å². The molecule has 0 aliphatic heterocycles. The van der Waals surface area contributed by atoms with E-state index in [-0.39, 0.29) is 6.04 Å². The first-order chi connectivity index (χ1) is 7.79. The molecule has 0 aliphatic carbocycles. The molecule has 4 nitrogen and oxygen atoms in total. The summed E-state index contributed by atoms with van der Waals surface area (Å²) < 4.78 is 5.06. The smallest absolute Gasteiger partial charge is 0.125 e. The highest BCUT2D eigenvalue weighted by Crippen LogP contribution is 2.16. The average Bonchev–Trinajstić information content (AvgIpc) is 2.78. The highest BCUT2D eigenvalue weighted by molar-refractivity contribution is 5.14. The molecule has 0 fully saturated rings. The van der Waals surface area contributed by atoms with Crippen LogP contribution in [0.1, 0.15) is 23.1 Å². The van der Waals surface area contributed by atoms with E-state index in [0.29, 0.717) is 0 Å².